The van der Waals surface area contributed by atoms with E-state index in [4.69, 9.17) is 10.2 Å². The van der Waals surface area contributed by atoms with Crippen molar-refractivity contribution in [2.24, 2.45) is 5.41 Å². The van der Waals surface area contributed by atoms with E-state index < -0.39 is 0 Å². The van der Waals surface area contributed by atoms with Gasteiger partial charge < -0.3 is 15.5 Å². The fraction of sp³-hybridized carbons (Fsp3) is 1.00. The van der Waals surface area contributed by atoms with E-state index in [2.05, 4.69) is 44.8 Å². The quantitative estimate of drug-likeness (QED) is 0.565. The van der Waals surface area contributed by atoms with Gasteiger partial charge in [-0.05, 0) is 32.6 Å². The lowest BCUT2D eigenvalue weighted by molar-refractivity contribution is 0.101. The molecule has 0 aromatic heterocycles. The standard InChI is InChI=1S/C15H34N2O2/c1-6-7-15(5,12-16-14(2,3)4)13-17(8-10-18)9-11-19/h16,18-19H,6-13H2,1-5H3. The third-order valence-electron chi connectivity index (χ3n) is 3.34. The van der Waals surface area contributed by atoms with Crippen LogP contribution in [0.15, 0.2) is 0 Å². The Kier molecular flexibility index (Phi) is 8.83. The summed E-state index contributed by atoms with van der Waals surface area (Å²) in [6, 6.07) is 0. The van der Waals surface area contributed by atoms with Gasteiger partial charge in [0.05, 0.1) is 13.2 Å². The molecule has 0 radical (unpaired) electrons. The lowest BCUT2D eigenvalue weighted by Crippen LogP contribution is -2.48. The van der Waals surface area contributed by atoms with Crippen LogP contribution in [0.25, 0.3) is 0 Å². The summed E-state index contributed by atoms with van der Waals surface area (Å²) in [6.07, 6.45) is 2.29. The highest BCUT2D eigenvalue weighted by Crippen LogP contribution is 2.24. The van der Waals surface area contributed by atoms with Gasteiger partial charge in [0.15, 0.2) is 0 Å². The zero-order valence-electron chi connectivity index (χ0n) is 13.5. The zero-order valence-corrected chi connectivity index (χ0v) is 13.5. The van der Waals surface area contributed by atoms with Gasteiger partial charge in [0, 0.05) is 31.7 Å². The number of nitrogens with one attached hydrogen (secondary N) is 1. The smallest absolute Gasteiger partial charge is 0.0558 e. The van der Waals surface area contributed by atoms with Gasteiger partial charge in [0.25, 0.3) is 0 Å². The largest absolute Gasteiger partial charge is 0.395 e. The fourth-order valence-electron chi connectivity index (χ4n) is 2.40. The van der Waals surface area contributed by atoms with Crippen molar-refractivity contribution >= 4 is 0 Å². The van der Waals surface area contributed by atoms with Gasteiger partial charge in [0.2, 0.25) is 0 Å². The first kappa shape index (κ1) is 18.8. The Morgan fingerprint density at radius 1 is 1.00 bits per heavy atom. The summed E-state index contributed by atoms with van der Waals surface area (Å²) >= 11 is 0. The molecule has 1 unspecified atom stereocenters. The highest BCUT2D eigenvalue weighted by Gasteiger charge is 2.27. The predicted octanol–water partition coefficient (Wildman–Crippen LogP) is 1.47. The van der Waals surface area contributed by atoms with E-state index >= 15 is 0 Å². The van der Waals surface area contributed by atoms with E-state index in [-0.39, 0.29) is 24.2 Å². The monoisotopic (exact) mass is 274 g/mol. The summed E-state index contributed by atoms with van der Waals surface area (Å²) in [6.45, 7) is 14.5. The van der Waals surface area contributed by atoms with Gasteiger partial charge in [0.1, 0.15) is 0 Å². The second-order valence-corrected chi connectivity index (χ2v) is 6.89. The van der Waals surface area contributed by atoms with Crippen LogP contribution in [0.5, 0.6) is 0 Å². The van der Waals surface area contributed by atoms with E-state index in [1.807, 2.05) is 0 Å². The predicted molar refractivity (Wildman–Crippen MR) is 81.4 cm³/mol. The Labute approximate surface area is 119 Å². The van der Waals surface area contributed by atoms with E-state index in [1.54, 1.807) is 0 Å². The third-order valence-corrected chi connectivity index (χ3v) is 3.34. The summed E-state index contributed by atoms with van der Waals surface area (Å²) in [7, 11) is 0. The molecule has 0 saturated heterocycles. The van der Waals surface area contributed by atoms with Crippen molar-refractivity contribution in [3.63, 3.8) is 0 Å². The normalized spacial score (nSPS) is 15.8. The minimum Gasteiger partial charge on any atom is -0.395 e. The Balaban J connectivity index is 4.56. The van der Waals surface area contributed by atoms with E-state index in [0.29, 0.717) is 13.1 Å². The van der Waals surface area contributed by atoms with Crippen LogP contribution >= 0.6 is 0 Å². The van der Waals surface area contributed by atoms with Crippen molar-refractivity contribution in [2.45, 2.75) is 53.0 Å². The average Bonchev–Trinajstić information content (AvgIpc) is 2.27. The summed E-state index contributed by atoms with van der Waals surface area (Å²) < 4.78 is 0. The Hall–Kier alpha value is -0.160. The van der Waals surface area contributed by atoms with Crippen molar-refractivity contribution in [3.8, 4) is 0 Å². The molecule has 0 aliphatic rings. The van der Waals surface area contributed by atoms with Crippen LogP contribution in [-0.4, -0.2) is 60.0 Å². The van der Waals surface area contributed by atoms with Crippen molar-refractivity contribution in [1.29, 1.82) is 0 Å². The van der Waals surface area contributed by atoms with Crippen LogP contribution in [0.3, 0.4) is 0 Å². The molecule has 0 heterocycles. The number of hydrogen-bond donors (Lipinski definition) is 3. The van der Waals surface area contributed by atoms with Gasteiger partial charge in [-0.2, -0.15) is 0 Å². The van der Waals surface area contributed by atoms with Crippen molar-refractivity contribution in [3.05, 3.63) is 0 Å². The Morgan fingerprint density at radius 2 is 1.53 bits per heavy atom. The number of nitrogens with zero attached hydrogens (tertiary/aromatic N) is 1. The lowest BCUT2D eigenvalue weighted by atomic mass is 9.84. The molecule has 0 fully saturated rings. The molecule has 3 N–H and O–H groups in total. The first-order chi connectivity index (χ1) is 8.76. The van der Waals surface area contributed by atoms with Crippen LogP contribution in [0.2, 0.25) is 0 Å². The maximum absolute atomic E-state index is 9.11. The van der Waals surface area contributed by atoms with E-state index in [9.17, 15) is 0 Å². The molecule has 0 aliphatic heterocycles. The first-order valence-corrected chi connectivity index (χ1v) is 7.45. The molecule has 0 aliphatic carbocycles. The molecule has 0 aromatic rings. The van der Waals surface area contributed by atoms with Gasteiger partial charge in [-0.3, -0.25) is 4.90 Å². The van der Waals surface area contributed by atoms with Crippen LogP contribution in [0, 0.1) is 5.41 Å². The summed E-state index contributed by atoms with van der Waals surface area (Å²) in [5.74, 6) is 0. The SMILES string of the molecule is CCCC(C)(CNC(C)(C)C)CN(CCO)CCO. The van der Waals surface area contributed by atoms with Gasteiger partial charge in [-0.15, -0.1) is 0 Å². The second-order valence-electron chi connectivity index (χ2n) is 6.89. The molecule has 116 valence electrons. The summed E-state index contributed by atoms with van der Waals surface area (Å²) in [4.78, 5) is 2.15. The zero-order chi connectivity index (χ0) is 14.9. The molecule has 0 saturated carbocycles. The number of rotatable bonds is 10. The summed E-state index contributed by atoms with van der Waals surface area (Å²) in [5, 5.41) is 21.8. The van der Waals surface area contributed by atoms with Crippen molar-refractivity contribution in [2.75, 3.05) is 39.4 Å². The minimum atomic E-state index is 0.119. The molecule has 4 nitrogen and oxygen atoms in total. The Morgan fingerprint density at radius 3 is 1.89 bits per heavy atom. The maximum Gasteiger partial charge on any atom is 0.0558 e. The molecule has 0 spiro atoms. The van der Waals surface area contributed by atoms with Crippen LogP contribution < -0.4 is 5.32 Å². The molecular weight excluding hydrogens is 240 g/mol. The van der Waals surface area contributed by atoms with Crippen molar-refractivity contribution in [1.82, 2.24) is 10.2 Å². The molecule has 0 rings (SSSR count). The number of aliphatic hydroxyl groups is 2. The highest BCUT2D eigenvalue weighted by atomic mass is 16.3. The van der Waals surface area contributed by atoms with Crippen LogP contribution in [0.1, 0.15) is 47.5 Å². The third kappa shape index (κ3) is 9.38. The average molecular weight is 274 g/mol. The number of aliphatic hydroxyl groups excluding tert-OH is 2. The Bertz CT molecular complexity index is 223. The molecule has 0 bridgehead atoms. The van der Waals surface area contributed by atoms with Gasteiger partial charge >= 0.3 is 0 Å². The first-order valence-electron chi connectivity index (χ1n) is 7.45. The maximum atomic E-state index is 9.11. The molecule has 19 heavy (non-hydrogen) atoms. The number of hydrogen-bond acceptors (Lipinski definition) is 4. The minimum absolute atomic E-state index is 0.119. The van der Waals surface area contributed by atoms with Gasteiger partial charge in [-0.25, -0.2) is 0 Å². The highest BCUT2D eigenvalue weighted by molar-refractivity contribution is 4.84. The molecular formula is C15H34N2O2. The topological polar surface area (TPSA) is 55.7 Å². The lowest BCUT2D eigenvalue weighted by Gasteiger charge is -2.37. The fourth-order valence-corrected chi connectivity index (χ4v) is 2.40. The molecule has 0 amide bonds. The van der Waals surface area contributed by atoms with Crippen LogP contribution in [0.4, 0.5) is 0 Å². The van der Waals surface area contributed by atoms with Crippen molar-refractivity contribution < 1.29 is 10.2 Å². The molecule has 1 atom stereocenters. The van der Waals surface area contributed by atoms with Crippen LogP contribution in [-0.2, 0) is 0 Å². The molecule has 0 aromatic carbocycles. The second kappa shape index (κ2) is 8.90. The van der Waals surface area contributed by atoms with Gasteiger partial charge in [-0.1, -0.05) is 20.3 Å². The summed E-state index contributed by atoms with van der Waals surface area (Å²) in [5.41, 5.74) is 0.292. The van der Waals surface area contributed by atoms with E-state index in [0.717, 1.165) is 25.9 Å². The molecule has 4 heteroatoms. The van der Waals surface area contributed by atoms with E-state index in [1.165, 1.54) is 0 Å².